The third-order valence-corrected chi connectivity index (χ3v) is 5.25. The van der Waals surface area contributed by atoms with E-state index in [1.807, 2.05) is 13.1 Å². The Morgan fingerprint density at radius 2 is 2.04 bits per heavy atom. The summed E-state index contributed by atoms with van der Waals surface area (Å²) < 4.78 is 5.84. The molecule has 1 unspecified atom stereocenters. The van der Waals surface area contributed by atoms with Gasteiger partial charge in [-0.25, -0.2) is 9.78 Å². The number of rotatable bonds is 6. The lowest BCUT2D eigenvalue weighted by Gasteiger charge is -2.30. The predicted molar refractivity (Wildman–Crippen MR) is 94.1 cm³/mol. The zero-order valence-corrected chi connectivity index (χ0v) is 15.4. The van der Waals surface area contributed by atoms with Crippen molar-refractivity contribution in [2.75, 3.05) is 6.54 Å². The molecule has 1 heterocycles. The maximum absolute atomic E-state index is 12.0. The Balaban J connectivity index is 1.65. The molecule has 1 aromatic heterocycles. The molecular weight excluding hydrogens is 310 g/mol. The van der Waals surface area contributed by atoms with E-state index in [2.05, 4.69) is 36.4 Å². The molecule has 0 aliphatic heterocycles. The van der Waals surface area contributed by atoms with Crippen molar-refractivity contribution in [3.63, 3.8) is 0 Å². The Hall–Kier alpha value is -1.14. The van der Waals surface area contributed by atoms with Crippen molar-refractivity contribution >= 4 is 17.4 Å². The molecule has 130 valence electrons. The number of amides is 2. The van der Waals surface area contributed by atoms with Crippen LogP contribution in [0.3, 0.4) is 0 Å². The van der Waals surface area contributed by atoms with Gasteiger partial charge in [0.25, 0.3) is 0 Å². The van der Waals surface area contributed by atoms with Crippen molar-refractivity contribution in [3.05, 3.63) is 16.1 Å². The number of hydrogen-bond acceptors (Lipinski definition) is 4. The molecular formula is C17H29N3O2S. The number of hydrogen-bond donors (Lipinski definition) is 2. The number of nitrogens with zero attached hydrogens (tertiary/aromatic N) is 1. The average Bonchev–Trinajstić information content (AvgIpc) is 2.93. The second-order valence-corrected chi connectivity index (χ2v) is 7.99. The first-order valence-electron chi connectivity index (χ1n) is 8.56. The highest BCUT2D eigenvalue weighted by atomic mass is 32.1. The van der Waals surface area contributed by atoms with Crippen molar-refractivity contribution in [1.82, 2.24) is 15.6 Å². The van der Waals surface area contributed by atoms with Gasteiger partial charge < -0.3 is 15.4 Å². The van der Waals surface area contributed by atoms with E-state index >= 15 is 0 Å². The molecule has 1 atom stereocenters. The molecule has 1 saturated carbocycles. The molecule has 2 N–H and O–H groups in total. The number of carbonyl (C=O) groups excluding carboxylic acids is 1. The highest BCUT2D eigenvalue weighted by Crippen LogP contribution is 2.22. The lowest BCUT2D eigenvalue weighted by Crippen LogP contribution is -2.45. The van der Waals surface area contributed by atoms with E-state index in [1.165, 1.54) is 4.88 Å². The van der Waals surface area contributed by atoms with E-state index in [0.29, 0.717) is 12.6 Å². The summed E-state index contributed by atoms with van der Waals surface area (Å²) in [6, 6.07) is 0.192. The molecule has 5 nitrogen and oxygen atoms in total. The minimum Gasteiger partial charge on any atom is -0.376 e. The highest BCUT2D eigenvalue weighted by molar-refractivity contribution is 7.11. The maximum Gasteiger partial charge on any atom is 0.315 e. The molecule has 1 aliphatic carbocycles. The SMILES string of the molecule is Cc1cnc(C(C)CNC(=O)NC2CCC(OC(C)C)CC2)s1. The number of aryl methyl sites for hydroxylation is 1. The van der Waals surface area contributed by atoms with Crippen LogP contribution in [-0.4, -0.2) is 35.8 Å². The third-order valence-electron chi connectivity index (χ3n) is 4.10. The maximum atomic E-state index is 12.0. The van der Waals surface area contributed by atoms with E-state index in [9.17, 15) is 4.79 Å². The van der Waals surface area contributed by atoms with Gasteiger partial charge in [-0.2, -0.15) is 0 Å². The van der Waals surface area contributed by atoms with E-state index in [-0.39, 0.29) is 24.1 Å². The molecule has 1 aromatic rings. The predicted octanol–water partition coefficient (Wildman–Crippen LogP) is 3.59. The first-order valence-corrected chi connectivity index (χ1v) is 9.37. The molecule has 2 amide bonds. The van der Waals surface area contributed by atoms with Gasteiger partial charge in [0.2, 0.25) is 0 Å². The van der Waals surface area contributed by atoms with Crippen LogP contribution in [0.25, 0.3) is 0 Å². The molecule has 0 aromatic carbocycles. The zero-order chi connectivity index (χ0) is 16.8. The van der Waals surface area contributed by atoms with Gasteiger partial charge in [-0.3, -0.25) is 0 Å². The van der Waals surface area contributed by atoms with Crippen molar-refractivity contribution in [3.8, 4) is 0 Å². The second-order valence-electron chi connectivity index (χ2n) is 6.72. The largest absolute Gasteiger partial charge is 0.376 e. The Bertz CT molecular complexity index is 496. The first-order chi connectivity index (χ1) is 10.9. The molecule has 23 heavy (non-hydrogen) atoms. The standard InChI is InChI=1S/C17H29N3O2S/c1-11(2)22-15-7-5-14(6-8-15)20-17(21)19-9-12(3)16-18-10-13(4)23-16/h10-12,14-15H,5-9H2,1-4H3,(H2,19,20,21). The smallest absolute Gasteiger partial charge is 0.315 e. The number of carbonyl (C=O) groups is 1. The highest BCUT2D eigenvalue weighted by Gasteiger charge is 2.23. The molecule has 1 fully saturated rings. The van der Waals surface area contributed by atoms with Crippen molar-refractivity contribution < 1.29 is 9.53 Å². The van der Waals surface area contributed by atoms with Crippen LogP contribution in [-0.2, 0) is 4.74 Å². The summed E-state index contributed by atoms with van der Waals surface area (Å²) in [6.45, 7) is 8.90. The summed E-state index contributed by atoms with van der Waals surface area (Å²) in [4.78, 5) is 17.6. The summed E-state index contributed by atoms with van der Waals surface area (Å²) in [5.74, 6) is 0.245. The summed E-state index contributed by atoms with van der Waals surface area (Å²) >= 11 is 1.69. The van der Waals surface area contributed by atoms with Gasteiger partial charge in [0.1, 0.15) is 0 Å². The quantitative estimate of drug-likeness (QED) is 0.832. The van der Waals surface area contributed by atoms with Gasteiger partial charge >= 0.3 is 6.03 Å². The summed E-state index contributed by atoms with van der Waals surface area (Å²) in [6.07, 6.45) is 6.55. The van der Waals surface area contributed by atoms with Crippen LogP contribution in [0, 0.1) is 6.92 Å². The van der Waals surface area contributed by atoms with E-state index in [0.717, 1.165) is 30.7 Å². The first kappa shape index (κ1) is 18.2. The van der Waals surface area contributed by atoms with Crippen LogP contribution >= 0.6 is 11.3 Å². The summed E-state index contributed by atoms with van der Waals surface area (Å²) in [5.41, 5.74) is 0. The number of urea groups is 1. The fraction of sp³-hybridized carbons (Fsp3) is 0.765. The Labute approximate surface area is 143 Å². The molecule has 0 bridgehead atoms. The number of ether oxygens (including phenoxy) is 1. The monoisotopic (exact) mass is 339 g/mol. The molecule has 0 spiro atoms. The fourth-order valence-electron chi connectivity index (χ4n) is 2.90. The number of thiazole rings is 1. The van der Waals surface area contributed by atoms with Crippen molar-refractivity contribution in [2.45, 2.75) is 77.5 Å². The molecule has 1 aliphatic rings. The van der Waals surface area contributed by atoms with Gasteiger partial charge in [0, 0.05) is 29.6 Å². The van der Waals surface area contributed by atoms with Gasteiger partial charge in [0.05, 0.1) is 17.2 Å². The van der Waals surface area contributed by atoms with Crippen LogP contribution in [0.4, 0.5) is 4.79 Å². The Morgan fingerprint density at radius 3 is 2.61 bits per heavy atom. The van der Waals surface area contributed by atoms with Gasteiger partial charge in [-0.05, 0) is 46.5 Å². The normalized spacial score (nSPS) is 22.8. The van der Waals surface area contributed by atoms with Crippen LogP contribution < -0.4 is 10.6 Å². The molecule has 0 saturated heterocycles. The average molecular weight is 340 g/mol. The van der Waals surface area contributed by atoms with Crippen LogP contribution in [0.1, 0.15) is 62.3 Å². The van der Waals surface area contributed by atoms with E-state index in [1.54, 1.807) is 11.3 Å². The molecule has 6 heteroatoms. The number of nitrogens with one attached hydrogen (secondary N) is 2. The zero-order valence-electron chi connectivity index (χ0n) is 14.6. The van der Waals surface area contributed by atoms with Crippen LogP contribution in [0.15, 0.2) is 6.20 Å². The van der Waals surface area contributed by atoms with E-state index in [4.69, 9.17) is 4.74 Å². The van der Waals surface area contributed by atoms with Crippen LogP contribution in [0.5, 0.6) is 0 Å². The summed E-state index contributed by atoms with van der Waals surface area (Å²) in [5, 5.41) is 7.13. The lowest BCUT2D eigenvalue weighted by molar-refractivity contribution is -0.0155. The van der Waals surface area contributed by atoms with Crippen molar-refractivity contribution in [1.29, 1.82) is 0 Å². The van der Waals surface area contributed by atoms with Gasteiger partial charge in [-0.1, -0.05) is 6.92 Å². The fourth-order valence-corrected chi connectivity index (χ4v) is 3.72. The Kier molecular flexibility index (Phi) is 6.84. The second kappa shape index (κ2) is 8.64. The lowest BCUT2D eigenvalue weighted by atomic mass is 9.93. The third kappa shape index (κ3) is 6.11. The minimum atomic E-state index is -0.0710. The van der Waals surface area contributed by atoms with E-state index < -0.39 is 0 Å². The molecule has 2 rings (SSSR count). The van der Waals surface area contributed by atoms with Crippen LogP contribution in [0.2, 0.25) is 0 Å². The minimum absolute atomic E-state index is 0.0710. The van der Waals surface area contributed by atoms with Gasteiger partial charge in [-0.15, -0.1) is 11.3 Å². The summed E-state index contributed by atoms with van der Waals surface area (Å²) in [7, 11) is 0. The Morgan fingerprint density at radius 1 is 1.35 bits per heavy atom. The van der Waals surface area contributed by atoms with Crippen molar-refractivity contribution in [2.24, 2.45) is 0 Å². The van der Waals surface area contributed by atoms with Gasteiger partial charge in [0.15, 0.2) is 0 Å². The molecule has 0 radical (unpaired) electrons. The number of aromatic nitrogens is 1. The topological polar surface area (TPSA) is 63.2 Å².